The molecule has 1 saturated heterocycles. The van der Waals surface area contributed by atoms with E-state index in [1.54, 1.807) is 7.11 Å². The number of carbonyl (C=O) groups excluding carboxylic acids is 1. The Morgan fingerprint density at radius 1 is 1.32 bits per heavy atom. The highest BCUT2D eigenvalue weighted by Gasteiger charge is 2.43. The van der Waals surface area contributed by atoms with Crippen LogP contribution in [0.2, 0.25) is 0 Å². The molecule has 140 valence electrons. The van der Waals surface area contributed by atoms with Crippen LogP contribution in [0.25, 0.3) is 0 Å². The fraction of sp³-hybridized carbons (Fsp3) is 0.650. The van der Waals surface area contributed by atoms with Crippen molar-refractivity contribution in [2.24, 2.45) is 5.92 Å². The van der Waals surface area contributed by atoms with E-state index >= 15 is 0 Å². The fourth-order valence-corrected chi connectivity index (χ4v) is 4.25. The molecular weight excluding hydrogens is 336 g/mol. The lowest BCUT2D eigenvalue weighted by Crippen LogP contribution is -2.46. The van der Waals surface area contributed by atoms with E-state index in [1.807, 2.05) is 6.92 Å². The van der Waals surface area contributed by atoms with Crippen LogP contribution in [0, 0.1) is 12.8 Å². The summed E-state index contributed by atoms with van der Waals surface area (Å²) in [5, 5.41) is 6.69. The van der Waals surface area contributed by atoms with Crippen LogP contribution >= 0.6 is 12.4 Å². The average Bonchev–Trinajstić information content (AvgIpc) is 3.12. The number of hydrogen-bond donors (Lipinski definition) is 2. The summed E-state index contributed by atoms with van der Waals surface area (Å²) in [6, 6.07) is 6.26. The van der Waals surface area contributed by atoms with Crippen LogP contribution in [0.4, 0.5) is 0 Å². The molecule has 0 radical (unpaired) electrons. The van der Waals surface area contributed by atoms with Gasteiger partial charge in [-0.15, -0.1) is 12.4 Å². The van der Waals surface area contributed by atoms with Crippen molar-refractivity contribution in [1.82, 2.24) is 10.6 Å². The van der Waals surface area contributed by atoms with Gasteiger partial charge >= 0.3 is 0 Å². The molecule has 1 atom stereocenters. The van der Waals surface area contributed by atoms with E-state index in [-0.39, 0.29) is 23.7 Å². The molecule has 0 bridgehead atoms. The maximum atomic E-state index is 13.1. The van der Waals surface area contributed by atoms with Gasteiger partial charge in [0.1, 0.15) is 5.75 Å². The number of amides is 1. The van der Waals surface area contributed by atoms with Crippen molar-refractivity contribution < 1.29 is 9.53 Å². The van der Waals surface area contributed by atoms with Crippen LogP contribution in [0.3, 0.4) is 0 Å². The number of ether oxygens (including phenoxy) is 1. The molecule has 2 N–H and O–H groups in total. The Bertz CT molecular complexity index is 579. The minimum Gasteiger partial charge on any atom is -0.496 e. The maximum absolute atomic E-state index is 13.1. The standard InChI is InChI=1S/C20H30N2O2.ClH/c1-15-7-8-17(12-18(15)24-2)20(9-3-4-10-20)19(23)22-14-16-6-5-11-21-13-16;/h7-8,12,16,21H,3-6,9-11,13-14H2,1-2H3,(H,22,23);1H. The molecule has 1 saturated carbocycles. The Morgan fingerprint density at radius 2 is 2.08 bits per heavy atom. The van der Waals surface area contributed by atoms with Crippen molar-refractivity contribution in [2.75, 3.05) is 26.7 Å². The molecular formula is C20H31ClN2O2. The third-order valence-corrected chi connectivity index (χ3v) is 5.80. The highest BCUT2D eigenvalue weighted by atomic mass is 35.5. The van der Waals surface area contributed by atoms with Gasteiger partial charge in [-0.2, -0.15) is 0 Å². The maximum Gasteiger partial charge on any atom is 0.230 e. The lowest BCUT2D eigenvalue weighted by molar-refractivity contribution is -0.126. The van der Waals surface area contributed by atoms with Crippen molar-refractivity contribution in [3.05, 3.63) is 29.3 Å². The fourth-order valence-electron chi connectivity index (χ4n) is 4.25. The molecule has 2 fully saturated rings. The van der Waals surface area contributed by atoms with E-state index < -0.39 is 0 Å². The zero-order valence-corrected chi connectivity index (χ0v) is 16.2. The van der Waals surface area contributed by atoms with Gasteiger partial charge in [-0.05, 0) is 68.8 Å². The molecule has 3 rings (SSSR count). The molecule has 1 aliphatic heterocycles. The second-order valence-corrected chi connectivity index (χ2v) is 7.40. The van der Waals surface area contributed by atoms with Gasteiger partial charge in [0.25, 0.3) is 0 Å². The van der Waals surface area contributed by atoms with Gasteiger partial charge in [0, 0.05) is 6.54 Å². The van der Waals surface area contributed by atoms with E-state index in [1.165, 1.54) is 12.8 Å². The van der Waals surface area contributed by atoms with Gasteiger partial charge in [0.2, 0.25) is 5.91 Å². The van der Waals surface area contributed by atoms with Gasteiger partial charge < -0.3 is 15.4 Å². The predicted octanol–water partition coefficient (Wildman–Crippen LogP) is 3.35. The smallest absolute Gasteiger partial charge is 0.230 e. The Morgan fingerprint density at radius 3 is 2.72 bits per heavy atom. The summed E-state index contributed by atoms with van der Waals surface area (Å²) in [6.07, 6.45) is 6.53. The summed E-state index contributed by atoms with van der Waals surface area (Å²) in [7, 11) is 1.70. The molecule has 0 aromatic heterocycles. The third-order valence-electron chi connectivity index (χ3n) is 5.80. The lowest BCUT2D eigenvalue weighted by atomic mass is 9.77. The first-order chi connectivity index (χ1) is 11.7. The lowest BCUT2D eigenvalue weighted by Gasteiger charge is -2.31. The van der Waals surface area contributed by atoms with Gasteiger partial charge in [-0.3, -0.25) is 4.79 Å². The number of methoxy groups -OCH3 is 1. The van der Waals surface area contributed by atoms with E-state index in [0.29, 0.717) is 5.92 Å². The van der Waals surface area contributed by atoms with E-state index in [2.05, 4.69) is 28.8 Å². The van der Waals surface area contributed by atoms with Crippen LogP contribution in [-0.2, 0) is 10.2 Å². The first-order valence-corrected chi connectivity index (χ1v) is 9.30. The Labute approximate surface area is 157 Å². The molecule has 2 aliphatic rings. The van der Waals surface area contributed by atoms with Crippen molar-refractivity contribution in [1.29, 1.82) is 0 Å². The molecule has 1 heterocycles. The third kappa shape index (κ3) is 4.29. The number of rotatable bonds is 5. The normalized spacial score (nSPS) is 22.1. The van der Waals surface area contributed by atoms with Crippen molar-refractivity contribution in [3.63, 3.8) is 0 Å². The SMILES string of the molecule is COc1cc(C2(C(=O)NCC3CCCNC3)CCCC2)ccc1C.Cl. The summed E-state index contributed by atoms with van der Waals surface area (Å²) in [5.41, 5.74) is 1.85. The largest absolute Gasteiger partial charge is 0.496 e. The number of benzene rings is 1. The van der Waals surface area contributed by atoms with Crippen LogP contribution in [0.15, 0.2) is 18.2 Å². The number of hydrogen-bond acceptors (Lipinski definition) is 3. The van der Waals surface area contributed by atoms with Gasteiger partial charge in [0.15, 0.2) is 0 Å². The van der Waals surface area contributed by atoms with Gasteiger partial charge in [-0.25, -0.2) is 0 Å². The Hall–Kier alpha value is -1.26. The Kier molecular flexibility index (Phi) is 7.14. The summed E-state index contributed by atoms with van der Waals surface area (Å²) in [4.78, 5) is 13.1. The monoisotopic (exact) mass is 366 g/mol. The zero-order chi connectivity index (χ0) is 17.0. The quantitative estimate of drug-likeness (QED) is 0.840. The van der Waals surface area contributed by atoms with Gasteiger partial charge in [-0.1, -0.05) is 25.0 Å². The van der Waals surface area contributed by atoms with Crippen molar-refractivity contribution >= 4 is 18.3 Å². The molecule has 0 spiro atoms. The molecule has 1 aromatic rings. The summed E-state index contributed by atoms with van der Waals surface area (Å²) in [5.74, 6) is 1.65. The van der Waals surface area contributed by atoms with Gasteiger partial charge in [0.05, 0.1) is 12.5 Å². The summed E-state index contributed by atoms with van der Waals surface area (Å²) in [6.45, 7) is 4.96. The molecule has 1 unspecified atom stereocenters. The topological polar surface area (TPSA) is 50.4 Å². The van der Waals surface area contributed by atoms with Crippen LogP contribution < -0.4 is 15.4 Å². The van der Waals surface area contributed by atoms with E-state index in [0.717, 1.165) is 62.2 Å². The molecule has 1 aromatic carbocycles. The number of carbonyl (C=O) groups is 1. The predicted molar refractivity (Wildman–Crippen MR) is 104 cm³/mol. The number of piperidine rings is 1. The molecule has 1 amide bonds. The second-order valence-electron chi connectivity index (χ2n) is 7.40. The summed E-state index contributed by atoms with van der Waals surface area (Å²) >= 11 is 0. The number of halogens is 1. The average molecular weight is 367 g/mol. The number of nitrogens with one attached hydrogen (secondary N) is 2. The molecule has 1 aliphatic carbocycles. The molecule has 5 heteroatoms. The number of aryl methyl sites for hydroxylation is 1. The van der Waals surface area contributed by atoms with Crippen molar-refractivity contribution in [2.45, 2.75) is 50.9 Å². The van der Waals surface area contributed by atoms with E-state index in [9.17, 15) is 4.79 Å². The molecule has 4 nitrogen and oxygen atoms in total. The first-order valence-electron chi connectivity index (χ1n) is 9.30. The second kappa shape index (κ2) is 8.91. The van der Waals surface area contributed by atoms with Crippen molar-refractivity contribution in [3.8, 4) is 5.75 Å². The molecule has 25 heavy (non-hydrogen) atoms. The Balaban J connectivity index is 0.00000225. The van der Waals surface area contributed by atoms with Crippen LogP contribution in [0.1, 0.15) is 49.7 Å². The minimum absolute atomic E-state index is 0. The van der Waals surface area contributed by atoms with Crippen LogP contribution in [0.5, 0.6) is 5.75 Å². The van der Waals surface area contributed by atoms with Crippen LogP contribution in [-0.4, -0.2) is 32.7 Å². The first kappa shape index (κ1) is 20.1. The minimum atomic E-state index is -0.372. The zero-order valence-electron chi connectivity index (χ0n) is 15.4. The van der Waals surface area contributed by atoms with E-state index in [4.69, 9.17) is 4.74 Å². The highest BCUT2D eigenvalue weighted by Crippen LogP contribution is 2.42. The highest BCUT2D eigenvalue weighted by molar-refractivity contribution is 5.88. The summed E-state index contributed by atoms with van der Waals surface area (Å²) < 4.78 is 5.49.